The van der Waals surface area contributed by atoms with Gasteiger partial charge in [-0.3, -0.25) is 4.79 Å². The van der Waals surface area contributed by atoms with Gasteiger partial charge in [-0.05, 0) is 26.2 Å². The van der Waals surface area contributed by atoms with Gasteiger partial charge < -0.3 is 14.8 Å². The van der Waals surface area contributed by atoms with Gasteiger partial charge in [0.25, 0.3) is 0 Å². The largest absolute Gasteiger partial charge is 0.377 e. The van der Waals surface area contributed by atoms with E-state index < -0.39 is 0 Å². The second kappa shape index (κ2) is 8.89. The summed E-state index contributed by atoms with van der Waals surface area (Å²) in [6, 6.07) is 0. The van der Waals surface area contributed by atoms with Crippen LogP contribution in [0.5, 0.6) is 0 Å². The van der Waals surface area contributed by atoms with Crippen LogP contribution in [-0.2, 0) is 14.3 Å². The molecule has 1 heterocycles. The molecule has 0 aliphatic carbocycles. The van der Waals surface area contributed by atoms with Crippen LogP contribution < -0.4 is 5.32 Å². The SMILES string of the molecule is COC1/C=C/CCNC(=O)COC/C(C)=C\CC1. The van der Waals surface area contributed by atoms with Gasteiger partial charge in [-0.2, -0.15) is 0 Å². The quantitative estimate of drug-likeness (QED) is 0.725. The minimum absolute atomic E-state index is 0.0587. The van der Waals surface area contributed by atoms with Gasteiger partial charge in [0.2, 0.25) is 5.91 Å². The zero-order valence-corrected chi connectivity index (χ0v) is 11.3. The summed E-state index contributed by atoms with van der Waals surface area (Å²) < 4.78 is 10.7. The zero-order valence-electron chi connectivity index (χ0n) is 11.3. The van der Waals surface area contributed by atoms with Gasteiger partial charge in [0.15, 0.2) is 0 Å². The first kappa shape index (κ1) is 14.9. The normalized spacial score (nSPS) is 28.7. The van der Waals surface area contributed by atoms with Gasteiger partial charge in [-0.1, -0.05) is 23.8 Å². The first-order valence-corrected chi connectivity index (χ1v) is 6.42. The lowest BCUT2D eigenvalue weighted by Crippen LogP contribution is -2.28. The lowest BCUT2D eigenvalue weighted by atomic mass is 10.1. The average Bonchev–Trinajstić information content (AvgIpc) is 2.35. The Hall–Kier alpha value is -1.13. The molecule has 0 fully saturated rings. The van der Waals surface area contributed by atoms with Crippen LogP contribution in [0.2, 0.25) is 0 Å². The van der Waals surface area contributed by atoms with Crippen molar-refractivity contribution < 1.29 is 14.3 Å². The molecule has 1 aliphatic heterocycles. The molecule has 0 saturated heterocycles. The molecule has 4 nitrogen and oxygen atoms in total. The number of carbonyl (C=O) groups is 1. The highest BCUT2D eigenvalue weighted by Crippen LogP contribution is 2.07. The van der Waals surface area contributed by atoms with E-state index in [0.717, 1.165) is 24.8 Å². The lowest BCUT2D eigenvalue weighted by Gasteiger charge is -2.11. The molecule has 4 heteroatoms. The van der Waals surface area contributed by atoms with E-state index in [1.54, 1.807) is 7.11 Å². The van der Waals surface area contributed by atoms with Crippen LogP contribution in [0, 0.1) is 0 Å². The number of ether oxygens (including phenoxy) is 2. The van der Waals surface area contributed by atoms with Gasteiger partial charge in [-0.25, -0.2) is 0 Å². The highest BCUT2D eigenvalue weighted by molar-refractivity contribution is 5.77. The Morgan fingerprint density at radius 2 is 2.22 bits per heavy atom. The van der Waals surface area contributed by atoms with E-state index in [1.807, 2.05) is 6.92 Å². The fraction of sp³-hybridized carbons (Fsp3) is 0.643. The molecular weight excluding hydrogens is 230 g/mol. The van der Waals surface area contributed by atoms with E-state index in [2.05, 4.69) is 23.5 Å². The molecule has 0 aromatic heterocycles. The molecule has 1 rings (SSSR count). The number of allylic oxidation sites excluding steroid dienone is 1. The fourth-order valence-corrected chi connectivity index (χ4v) is 1.74. The van der Waals surface area contributed by atoms with Crippen molar-refractivity contribution in [2.24, 2.45) is 0 Å². The summed E-state index contributed by atoms with van der Waals surface area (Å²) in [5.74, 6) is -0.0587. The summed E-state index contributed by atoms with van der Waals surface area (Å²) in [7, 11) is 1.72. The second-order valence-corrected chi connectivity index (χ2v) is 4.46. The van der Waals surface area contributed by atoms with Crippen LogP contribution in [0.4, 0.5) is 0 Å². The minimum Gasteiger partial charge on any atom is -0.377 e. The predicted molar refractivity (Wildman–Crippen MR) is 71.4 cm³/mol. The first-order chi connectivity index (χ1) is 8.72. The molecule has 0 aromatic rings. The number of hydrogen-bond acceptors (Lipinski definition) is 3. The third-order valence-electron chi connectivity index (χ3n) is 2.79. The first-order valence-electron chi connectivity index (χ1n) is 6.42. The Morgan fingerprint density at radius 1 is 1.39 bits per heavy atom. The van der Waals surface area contributed by atoms with Crippen molar-refractivity contribution >= 4 is 5.91 Å². The predicted octanol–water partition coefficient (Wildman–Crippen LogP) is 1.82. The van der Waals surface area contributed by atoms with Crippen LogP contribution in [0.3, 0.4) is 0 Å². The van der Waals surface area contributed by atoms with Crippen molar-refractivity contribution in [3.63, 3.8) is 0 Å². The Balaban J connectivity index is 2.53. The van der Waals surface area contributed by atoms with Gasteiger partial charge in [-0.15, -0.1) is 0 Å². The molecule has 0 aromatic carbocycles. The van der Waals surface area contributed by atoms with E-state index in [9.17, 15) is 4.79 Å². The smallest absolute Gasteiger partial charge is 0.246 e. The number of nitrogens with one attached hydrogen (secondary N) is 1. The van der Waals surface area contributed by atoms with Crippen LogP contribution in [0.15, 0.2) is 23.8 Å². The number of hydrogen-bond donors (Lipinski definition) is 1. The maximum absolute atomic E-state index is 11.4. The zero-order chi connectivity index (χ0) is 13.2. The van der Waals surface area contributed by atoms with E-state index in [-0.39, 0.29) is 18.6 Å². The highest BCUT2D eigenvalue weighted by atomic mass is 16.5. The maximum atomic E-state index is 11.4. The van der Waals surface area contributed by atoms with Crippen molar-refractivity contribution in [3.8, 4) is 0 Å². The van der Waals surface area contributed by atoms with Crippen molar-refractivity contribution in [1.29, 1.82) is 0 Å². The van der Waals surface area contributed by atoms with E-state index >= 15 is 0 Å². The molecule has 1 unspecified atom stereocenters. The topological polar surface area (TPSA) is 47.6 Å². The molecule has 0 radical (unpaired) electrons. The molecule has 1 aliphatic rings. The average molecular weight is 253 g/mol. The number of amides is 1. The Bertz CT molecular complexity index is 310. The third kappa shape index (κ3) is 6.57. The van der Waals surface area contributed by atoms with Crippen LogP contribution in [0.1, 0.15) is 26.2 Å². The maximum Gasteiger partial charge on any atom is 0.246 e. The molecular formula is C14H23NO3. The molecule has 1 atom stereocenters. The van der Waals surface area contributed by atoms with Gasteiger partial charge in [0.1, 0.15) is 6.61 Å². The van der Waals surface area contributed by atoms with Gasteiger partial charge in [0, 0.05) is 13.7 Å². The summed E-state index contributed by atoms with van der Waals surface area (Å²) in [5, 5.41) is 2.81. The van der Waals surface area contributed by atoms with Crippen LogP contribution in [-0.4, -0.2) is 38.9 Å². The summed E-state index contributed by atoms with van der Waals surface area (Å²) in [6.45, 7) is 3.31. The number of methoxy groups -OCH3 is 1. The summed E-state index contributed by atoms with van der Waals surface area (Å²) in [6.07, 6.45) is 9.16. The van der Waals surface area contributed by atoms with Crippen LogP contribution in [0.25, 0.3) is 0 Å². The molecule has 1 N–H and O–H groups in total. The molecule has 0 bridgehead atoms. The molecule has 0 spiro atoms. The summed E-state index contributed by atoms with van der Waals surface area (Å²) in [4.78, 5) is 11.4. The third-order valence-corrected chi connectivity index (χ3v) is 2.79. The Labute approximate surface area is 109 Å². The van der Waals surface area contributed by atoms with Gasteiger partial charge >= 0.3 is 0 Å². The summed E-state index contributed by atoms with van der Waals surface area (Å²) in [5.41, 5.74) is 1.15. The number of carbonyl (C=O) groups excluding carboxylic acids is 1. The van der Waals surface area contributed by atoms with Crippen molar-refractivity contribution in [2.45, 2.75) is 32.3 Å². The van der Waals surface area contributed by atoms with Crippen LogP contribution >= 0.6 is 0 Å². The standard InChI is InChI=1S/C14H23NO3/c1-12-6-5-8-13(17-2)7-3-4-9-15-14(16)11-18-10-12/h3,6-7,13H,4-5,8-11H2,1-2H3,(H,15,16)/b7-3+,12-6-. The summed E-state index contributed by atoms with van der Waals surface area (Å²) >= 11 is 0. The molecule has 18 heavy (non-hydrogen) atoms. The van der Waals surface area contributed by atoms with Gasteiger partial charge in [0.05, 0.1) is 12.7 Å². The number of rotatable bonds is 1. The molecule has 0 saturated carbocycles. The van der Waals surface area contributed by atoms with Crippen molar-refractivity contribution in [3.05, 3.63) is 23.8 Å². The molecule has 1 amide bonds. The Morgan fingerprint density at radius 3 is 3.00 bits per heavy atom. The minimum atomic E-state index is -0.0587. The van der Waals surface area contributed by atoms with E-state index in [0.29, 0.717) is 13.2 Å². The van der Waals surface area contributed by atoms with Crippen molar-refractivity contribution in [2.75, 3.05) is 26.9 Å². The lowest BCUT2D eigenvalue weighted by molar-refractivity contribution is -0.125. The fourth-order valence-electron chi connectivity index (χ4n) is 1.74. The molecule has 102 valence electrons. The Kier molecular flexibility index (Phi) is 7.37. The monoisotopic (exact) mass is 253 g/mol. The highest BCUT2D eigenvalue weighted by Gasteiger charge is 2.04. The van der Waals surface area contributed by atoms with E-state index in [4.69, 9.17) is 9.47 Å². The second-order valence-electron chi connectivity index (χ2n) is 4.46. The van der Waals surface area contributed by atoms with Crippen molar-refractivity contribution in [1.82, 2.24) is 5.32 Å². The van der Waals surface area contributed by atoms with E-state index in [1.165, 1.54) is 0 Å².